The molecule has 2 aromatic heterocycles. The molecule has 1 amide bonds. The van der Waals surface area contributed by atoms with Crippen molar-refractivity contribution in [3.8, 4) is 0 Å². The molecule has 4 rings (SSSR count). The molecule has 1 N–H and O–H groups in total. The molecule has 180 valence electrons. The summed E-state index contributed by atoms with van der Waals surface area (Å²) in [6.07, 6.45) is 5.55. The van der Waals surface area contributed by atoms with Crippen LogP contribution in [-0.2, 0) is 17.8 Å². The maximum Gasteiger partial charge on any atom is 0.254 e. The van der Waals surface area contributed by atoms with E-state index < -0.39 is 0 Å². The van der Waals surface area contributed by atoms with E-state index >= 15 is 0 Å². The first-order valence-corrected chi connectivity index (χ1v) is 11.9. The van der Waals surface area contributed by atoms with Crippen LogP contribution in [0.3, 0.4) is 0 Å². The molecule has 0 aliphatic carbocycles. The molecule has 0 unspecified atom stereocenters. The predicted octanol–water partition coefficient (Wildman–Crippen LogP) is 3.86. The highest BCUT2D eigenvalue weighted by Crippen LogP contribution is 2.33. The van der Waals surface area contributed by atoms with E-state index in [0.29, 0.717) is 13.1 Å². The summed E-state index contributed by atoms with van der Waals surface area (Å²) in [4.78, 5) is 22.1. The van der Waals surface area contributed by atoms with Crippen LogP contribution in [0.15, 0.2) is 49.3 Å². The minimum absolute atomic E-state index is 0.0891. The van der Waals surface area contributed by atoms with E-state index in [4.69, 9.17) is 4.74 Å². The van der Waals surface area contributed by atoms with Crippen molar-refractivity contribution in [2.75, 3.05) is 51.8 Å². The molecule has 1 fully saturated rings. The molecule has 1 aliphatic heterocycles. The van der Waals surface area contributed by atoms with Gasteiger partial charge in [0.25, 0.3) is 5.91 Å². The van der Waals surface area contributed by atoms with Crippen molar-refractivity contribution < 1.29 is 9.53 Å². The van der Waals surface area contributed by atoms with Crippen LogP contribution < -0.4 is 5.32 Å². The monoisotopic (exact) mass is 461 g/mol. The number of nitrogens with one attached hydrogen (secondary N) is 1. The maximum atomic E-state index is 13.5. The fourth-order valence-corrected chi connectivity index (χ4v) is 4.67. The Bertz CT molecular complexity index is 1150. The molecule has 7 nitrogen and oxygen atoms in total. The quantitative estimate of drug-likeness (QED) is 0.491. The van der Waals surface area contributed by atoms with Gasteiger partial charge in [-0.05, 0) is 43.2 Å². The van der Waals surface area contributed by atoms with Crippen molar-refractivity contribution >= 4 is 22.5 Å². The van der Waals surface area contributed by atoms with Gasteiger partial charge in [-0.25, -0.2) is 0 Å². The zero-order valence-electron chi connectivity index (χ0n) is 20.5. The van der Waals surface area contributed by atoms with E-state index in [9.17, 15) is 4.79 Å². The summed E-state index contributed by atoms with van der Waals surface area (Å²) >= 11 is 0. The molecular weight excluding hydrogens is 426 g/mol. The molecular formula is C27H35N5O2. The number of allylic oxidation sites excluding steroid dienone is 1. The zero-order valence-corrected chi connectivity index (χ0v) is 20.5. The number of amides is 1. The Morgan fingerprint density at radius 2 is 2.03 bits per heavy atom. The number of aryl methyl sites for hydroxylation is 1. The second-order valence-electron chi connectivity index (χ2n) is 8.87. The number of aromatic nitrogens is 2. The molecule has 3 aromatic rings. The molecule has 1 aromatic carbocycles. The highest BCUT2D eigenvalue weighted by molar-refractivity contribution is 6.04. The number of nitrogens with zero attached hydrogens (tertiary/aromatic N) is 4. The zero-order chi connectivity index (χ0) is 24.1. The first-order chi connectivity index (χ1) is 16.5. The second-order valence-corrected chi connectivity index (χ2v) is 8.87. The van der Waals surface area contributed by atoms with Gasteiger partial charge in [0.2, 0.25) is 0 Å². The maximum absolute atomic E-state index is 13.5. The third-order valence-electron chi connectivity index (χ3n) is 6.77. The van der Waals surface area contributed by atoms with Crippen LogP contribution in [0.2, 0.25) is 0 Å². The van der Waals surface area contributed by atoms with Crippen LogP contribution in [0.5, 0.6) is 0 Å². The fourth-order valence-electron chi connectivity index (χ4n) is 4.67. The van der Waals surface area contributed by atoms with Crippen molar-refractivity contribution in [3.05, 3.63) is 71.7 Å². The first-order valence-electron chi connectivity index (χ1n) is 11.9. The van der Waals surface area contributed by atoms with Crippen LogP contribution in [0.4, 0.5) is 5.69 Å². The number of benzene rings is 1. The lowest BCUT2D eigenvalue weighted by molar-refractivity contribution is 0.0594. The summed E-state index contributed by atoms with van der Waals surface area (Å²) in [5, 5.41) is 4.69. The summed E-state index contributed by atoms with van der Waals surface area (Å²) in [5.41, 5.74) is 6.28. The Labute approximate surface area is 202 Å². The van der Waals surface area contributed by atoms with Gasteiger partial charge in [-0.2, -0.15) is 0 Å². The Kier molecular flexibility index (Phi) is 7.65. The standard InChI is InChI=1S/C27H35N5O2/c1-5-9-32-21(3)20(2)24-16-23(27(33)31-12-10-30(11-13-31)14-15-34-4)17-25(26(24)32)29-19-22-7-6-8-28-18-22/h5-8,16-18,29H,1,9-15,19H2,2-4H3. The van der Waals surface area contributed by atoms with Crippen molar-refractivity contribution in [1.29, 1.82) is 0 Å². The van der Waals surface area contributed by atoms with E-state index in [2.05, 4.69) is 52.3 Å². The predicted molar refractivity (Wildman–Crippen MR) is 137 cm³/mol. The Morgan fingerprint density at radius 1 is 1.24 bits per heavy atom. The van der Waals surface area contributed by atoms with Crippen molar-refractivity contribution in [3.63, 3.8) is 0 Å². The highest BCUT2D eigenvalue weighted by Gasteiger charge is 2.24. The lowest BCUT2D eigenvalue weighted by Crippen LogP contribution is -2.49. The van der Waals surface area contributed by atoms with E-state index in [1.165, 1.54) is 11.3 Å². The van der Waals surface area contributed by atoms with Crippen molar-refractivity contribution in [2.45, 2.75) is 26.9 Å². The minimum atomic E-state index is 0.0891. The highest BCUT2D eigenvalue weighted by atomic mass is 16.5. The number of anilines is 1. The van der Waals surface area contributed by atoms with Crippen LogP contribution >= 0.6 is 0 Å². The summed E-state index contributed by atoms with van der Waals surface area (Å²) < 4.78 is 7.47. The smallest absolute Gasteiger partial charge is 0.254 e. The van der Waals surface area contributed by atoms with Gasteiger partial charge in [-0.1, -0.05) is 12.1 Å². The molecule has 1 saturated heterocycles. The average molecular weight is 462 g/mol. The number of carbonyl (C=O) groups excluding carboxylic acids is 1. The van der Waals surface area contributed by atoms with E-state index in [1.807, 2.05) is 29.3 Å². The molecule has 3 heterocycles. The average Bonchev–Trinajstić information content (AvgIpc) is 3.11. The van der Waals surface area contributed by atoms with Crippen molar-refractivity contribution in [1.82, 2.24) is 19.4 Å². The van der Waals surface area contributed by atoms with Gasteiger partial charge in [0.05, 0.1) is 17.8 Å². The third kappa shape index (κ3) is 5.00. The molecule has 1 aliphatic rings. The molecule has 0 spiro atoms. The van der Waals surface area contributed by atoms with Gasteiger partial charge in [-0.15, -0.1) is 6.58 Å². The number of methoxy groups -OCH3 is 1. The van der Waals surface area contributed by atoms with E-state index in [-0.39, 0.29) is 5.91 Å². The number of ether oxygens (including phenoxy) is 1. The number of hydrogen-bond acceptors (Lipinski definition) is 5. The summed E-state index contributed by atoms with van der Waals surface area (Å²) in [6, 6.07) is 8.06. The number of rotatable bonds is 9. The SMILES string of the molecule is C=CCn1c(C)c(C)c2cc(C(=O)N3CCN(CCOC)CC3)cc(NCc3cccnc3)c21. The van der Waals surface area contributed by atoms with Gasteiger partial charge >= 0.3 is 0 Å². The molecule has 34 heavy (non-hydrogen) atoms. The normalized spacial score (nSPS) is 14.5. The summed E-state index contributed by atoms with van der Waals surface area (Å²) in [5.74, 6) is 0.0891. The number of pyridine rings is 1. The van der Waals surface area contributed by atoms with Gasteiger partial charge in [0.1, 0.15) is 0 Å². The molecule has 0 bridgehead atoms. The molecule has 0 saturated carbocycles. The van der Waals surface area contributed by atoms with Crippen LogP contribution in [0, 0.1) is 13.8 Å². The first kappa shape index (κ1) is 24.0. The topological polar surface area (TPSA) is 62.6 Å². The Balaban J connectivity index is 1.65. The van der Waals surface area contributed by atoms with Gasteiger partial charge in [0.15, 0.2) is 0 Å². The lowest BCUT2D eigenvalue weighted by Gasteiger charge is -2.34. The Hall–Kier alpha value is -3.16. The number of carbonyl (C=O) groups is 1. The fraction of sp³-hybridized carbons (Fsp3) is 0.407. The molecule has 0 atom stereocenters. The minimum Gasteiger partial charge on any atom is -0.383 e. The van der Waals surface area contributed by atoms with E-state index in [0.717, 1.165) is 67.0 Å². The van der Waals surface area contributed by atoms with E-state index in [1.54, 1.807) is 13.3 Å². The van der Waals surface area contributed by atoms with Crippen LogP contribution in [-0.4, -0.2) is 71.7 Å². The third-order valence-corrected chi connectivity index (χ3v) is 6.77. The van der Waals surface area contributed by atoms with Crippen LogP contribution in [0.25, 0.3) is 10.9 Å². The molecule has 7 heteroatoms. The second kappa shape index (κ2) is 10.8. The summed E-state index contributed by atoms with van der Waals surface area (Å²) in [7, 11) is 1.72. The van der Waals surface area contributed by atoms with Crippen molar-refractivity contribution in [2.24, 2.45) is 0 Å². The number of fused-ring (bicyclic) bond motifs is 1. The van der Waals surface area contributed by atoms with Gasteiger partial charge in [-0.3, -0.25) is 14.7 Å². The van der Waals surface area contributed by atoms with Gasteiger partial charge in [0, 0.05) is 82.0 Å². The number of piperazine rings is 1. The number of hydrogen-bond donors (Lipinski definition) is 1. The Morgan fingerprint density at radius 3 is 2.71 bits per heavy atom. The van der Waals surface area contributed by atoms with Crippen LogP contribution in [0.1, 0.15) is 27.2 Å². The molecule has 0 radical (unpaired) electrons. The summed E-state index contributed by atoms with van der Waals surface area (Å²) in [6.45, 7) is 14.4. The largest absolute Gasteiger partial charge is 0.383 e. The van der Waals surface area contributed by atoms with Gasteiger partial charge < -0.3 is 19.5 Å². The lowest BCUT2D eigenvalue weighted by atomic mass is 10.1.